The third-order valence-corrected chi connectivity index (χ3v) is 7.24. The number of methoxy groups -OCH3 is 1. The fourth-order valence-electron chi connectivity index (χ4n) is 3.18. The summed E-state index contributed by atoms with van der Waals surface area (Å²) in [7, 11) is -2.58. The second-order valence-corrected chi connectivity index (χ2v) is 9.35. The standard InChI is InChI=1S/C19H20BrN3O6S/c1-29-15-6-8-16(9-7-15)30(27,28)23-11-10-22(12-17(23)18(24)21-26)19(25)13-2-4-14(20)5-3-13/h2-9,17,26H,10-12H2,1H3,(H,21,24). The van der Waals surface area contributed by atoms with Crippen molar-refractivity contribution in [3.63, 3.8) is 0 Å². The van der Waals surface area contributed by atoms with E-state index in [0.717, 1.165) is 8.78 Å². The van der Waals surface area contributed by atoms with Crippen LogP contribution in [0.1, 0.15) is 10.4 Å². The molecule has 0 bridgehead atoms. The van der Waals surface area contributed by atoms with Crippen LogP contribution < -0.4 is 10.2 Å². The Morgan fingerprint density at radius 1 is 1.10 bits per heavy atom. The number of carbonyl (C=O) groups excluding carboxylic acids is 2. The Labute approximate surface area is 182 Å². The van der Waals surface area contributed by atoms with Gasteiger partial charge in [-0.05, 0) is 48.5 Å². The van der Waals surface area contributed by atoms with E-state index in [4.69, 9.17) is 9.94 Å². The molecule has 1 aliphatic rings. The third kappa shape index (κ3) is 4.48. The molecule has 1 fully saturated rings. The number of hydroxylamine groups is 1. The van der Waals surface area contributed by atoms with Crippen LogP contribution in [0.5, 0.6) is 5.75 Å². The van der Waals surface area contributed by atoms with E-state index in [1.54, 1.807) is 24.3 Å². The maximum absolute atomic E-state index is 13.1. The van der Waals surface area contributed by atoms with Gasteiger partial charge in [-0.15, -0.1) is 0 Å². The minimum absolute atomic E-state index is 0.0216. The molecule has 160 valence electrons. The maximum atomic E-state index is 13.1. The number of halogens is 1. The summed E-state index contributed by atoms with van der Waals surface area (Å²) in [6, 6.07) is 11.2. The van der Waals surface area contributed by atoms with Crippen LogP contribution in [0.25, 0.3) is 0 Å². The van der Waals surface area contributed by atoms with Crippen LogP contribution >= 0.6 is 15.9 Å². The number of amides is 2. The zero-order valence-corrected chi connectivity index (χ0v) is 18.4. The van der Waals surface area contributed by atoms with E-state index < -0.39 is 22.0 Å². The number of hydrogen-bond acceptors (Lipinski definition) is 6. The Morgan fingerprint density at radius 3 is 2.30 bits per heavy atom. The number of carbonyl (C=O) groups is 2. The summed E-state index contributed by atoms with van der Waals surface area (Å²) in [5, 5.41) is 9.14. The van der Waals surface area contributed by atoms with Gasteiger partial charge in [-0.3, -0.25) is 14.8 Å². The Hall–Kier alpha value is -2.47. The van der Waals surface area contributed by atoms with Gasteiger partial charge in [-0.2, -0.15) is 4.31 Å². The summed E-state index contributed by atoms with van der Waals surface area (Å²) in [6.45, 7) is -0.203. The van der Waals surface area contributed by atoms with E-state index in [9.17, 15) is 18.0 Å². The molecule has 2 N–H and O–H groups in total. The molecule has 0 radical (unpaired) electrons. The van der Waals surface area contributed by atoms with Gasteiger partial charge >= 0.3 is 0 Å². The van der Waals surface area contributed by atoms with E-state index in [1.807, 2.05) is 0 Å². The molecule has 11 heteroatoms. The molecule has 1 heterocycles. The van der Waals surface area contributed by atoms with Gasteiger partial charge in [0, 0.05) is 29.7 Å². The Bertz CT molecular complexity index is 1030. The zero-order chi connectivity index (χ0) is 21.9. The lowest BCUT2D eigenvalue weighted by Gasteiger charge is -2.39. The molecule has 1 saturated heterocycles. The number of hydrogen-bond donors (Lipinski definition) is 2. The molecule has 2 aromatic carbocycles. The lowest BCUT2D eigenvalue weighted by Crippen LogP contribution is -2.61. The van der Waals surface area contributed by atoms with Crippen molar-refractivity contribution in [2.24, 2.45) is 0 Å². The highest BCUT2D eigenvalue weighted by Gasteiger charge is 2.41. The smallest absolute Gasteiger partial charge is 0.263 e. The van der Waals surface area contributed by atoms with Gasteiger partial charge in [0.2, 0.25) is 10.0 Å². The molecule has 1 atom stereocenters. The summed E-state index contributed by atoms with van der Waals surface area (Å²) < 4.78 is 33.1. The Balaban J connectivity index is 1.86. The Kier molecular flexibility index (Phi) is 6.76. The molecule has 0 aliphatic carbocycles. The molecule has 3 rings (SSSR count). The summed E-state index contributed by atoms with van der Waals surface area (Å²) in [6.07, 6.45) is 0. The summed E-state index contributed by atoms with van der Waals surface area (Å²) in [5.41, 5.74) is 1.91. The van der Waals surface area contributed by atoms with Crippen molar-refractivity contribution in [2.45, 2.75) is 10.9 Å². The number of piperazine rings is 1. The second kappa shape index (κ2) is 9.13. The van der Waals surface area contributed by atoms with Crippen LogP contribution in [0.4, 0.5) is 0 Å². The van der Waals surface area contributed by atoms with Gasteiger partial charge in [0.15, 0.2) is 0 Å². The molecule has 0 aromatic heterocycles. The number of ether oxygens (including phenoxy) is 1. The number of benzene rings is 2. The van der Waals surface area contributed by atoms with Gasteiger partial charge in [0.1, 0.15) is 11.8 Å². The van der Waals surface area contributed by atoms with Gasteiger partial charge < -0.3 is 9.64 Å². The van der Waals surface area contributed by atoms with Crippen LogP contribution in [0.15, 0.2) is 57.9 Å². The highest BCUT2D eigenvalue weighted by atomic mass is 79.9. The van der Waals surface area contributed by atoms with E-state index in [1.165, 1.54) is 41.8 Å². The topological polar surface area (TPSA) is 116 Å². The van der Waals surface area contributed by atoms with E-state index >= 15 is 0 Å². The molecular weight excluding hydrogens is 478 g/mol. The number of rotatable bonds is 5. The van der Waals surface area contributed by atoms with Crippen molar-refractivity contribution >= 4 is 37.8 Å². The quantitative estimate of drug-likeness (QED) is 0.477. The van der Waals surface area contributed by atoms with Crippen LogP contribution in [0.3, 0.4) is 0 Å². The van der Waals surface area contributed by atoms with E-state index in [-0.39, 0.29) is 30.4 Å². The van der Waals surface area contributed by atoms with Gasteiger partial charge in [-0.1, -0.05) is 15.9 Å². The molecule has 0 spiro atoms. The van der Waals surface area contributed by atoms with Crippen LogP contribution in [0.2, 0.25) is 0 Å². The molecule has 1 unspecified atom stereocenters. The SMILES string of the molecule is COc1ccc(S(=O)(=O)N2CCN(C(=O)c3ccc(Br)cc3)CC2C(=O)NO)cc1. The summed E-state index contributed by atoms with van der Waals surface area (Å²) in [4.78, 5) is 26.4. The number of nitrogens with zero attached hydrogens (tertiary/aromatic N) is 2. The van der Waals surface area contributed by atoms with Gasteiger partial charge in [-0.25, -0.2) is 13.9 Å². The van der Waals surface area contributed by atoms with Crippen molar-refractivity contribution in [1.82, 2.24) is 14.7 Å². The molecular formula is C19H20BrN3O6S. The van der Waals surface area contributed by atoms with Crippen molar-refractivity contribution in [2.75, 3.05) is 26.7 Å². The van der Waals surface area contributed by atoms with Gasteiger partial charge in [0.05, 0.1) is 12.0 Å². The largest absolute Gasteiger partial charge is 0.497 e. The average Bonchev–Trinajstić information content (AvgIpc) is 2.78. The molecule has 30 heavy (non-hydrogen) atoms. The van der Waals surface area contributed by atoms with E-state index in [0.29, 0.717) is 11.3 Å². The highest BCUT2D eigenvalue weighted by molar-refractivity contribution is 9.10. The minimum Gasteiger partial charge on any atom is -0.497 e. The first kappa shape index (κ1) is 22.2. The molecule has 2 amide bonds. The Morgan fingerprint density at radius 2 is 1.73 bits per heavy atom. The van der Waals surface area contributed by atoms with Gasteiger partial charge in [0.25, 0.3) is 11.8 Å². The van der Waals surface area contributed by atoms with Crippen LogP contribution in [0, 0.1) is 0 Å². The second-order valence-electron chi connectivity index (χ2n) is 6.54. The van der Waals surface area contributed by atoms with Crippen molar-refractivity contribution in [3.8, 4) is 5.75 Å². The third-order valence-electron chi connectivity index (χ3n) is 4.79. The molecule has 9 nitrogen and oxygen atoms in total. The van der Waals surface area contributed by atoms with Crippen molar-refractivity contribution in [1.29, 1.82) is 0 Å². The van der Waals surface area contributed by atoms with Crippen molar-refractivity contribution < 1.29 is 28.0 Å². The normalized spacial score (nSPS) is 17.4. The fraction of sp³-hybridized carbons (Fsp3) is 0.263. The predicted octanol–water partition coefficient (Wildman–Crippen LogP) is 1.48. The first-order valence-electron chi connectivity index (χ1n) is 8.92. The number of nitrogens with one attached hydrogen (secondary N) is 1. The fourth-order valence-corrected chi connectivity index (χ4v) is 5.02. The first-order chi connectivity index (χ1) is 14.3. The minimum atomic E-state index is -4.05. The van der Waals surface area contributed by atoms with Crippen molar-refractivity contribution in [3.05, 3.63) is 58.6 Å². The highest BCUT2D eigenvalue weighted by Crippen LogP contribution is 2.24. The lowest BCUT2D eigenvalue weighted by molar-refractivity contribution is -0.134. The summed E-state index contributed by atoms with van der Waals surface area (Å²) >= 11 is 3.30. The zero-order valence-electron chi connectivity index (χ0n) is 16.0. The van der Waals surface area contributed by atoms with E-state index in [2.05, 4.69) is 15.9 Å². The molecule has 2 aromatic rings. The predicted molar refractivity (Wildman–Crippen MR) is 111 cm³/mol. The van der Waals surface area contributed by atoms with Crippen LogP contribution in [-0.4, -0.2) is 67.4 Å². The molecule has 1 aliphatic heterocycles. The lowest BCUT2D eigenvalue weighted by atomic mass is 10.1. The monoisotopic (exact) mass is 497 g/mol. The number of sulfonamides is 1. The van der Waals surface area contributed by atoms with Crippen LogP contribution in [-0.2, 0) is 14.8 Å². The molecule has 0 saturated carbocycles. The first-order valence-corrected chi connectivity index (χ1v) is 11.2. The maximum Gasteiger partial charge on any atom is 0.263 e. The summed E-state index contributed by atoms with van der Waals surface area (Å²) in [5.74, 6) is -0.761. The average molecular weight is 498 g/mol.